The summed E-state index contributed by atoms with van der Waals surface area (Å²) in [5.74, 6) is 0.316. The lowest BCUT2D eigenvalue weighted by Gasteiger charge is -2.12. The Bertz CT molecular complexity index is 984. The number of carbonyl (C=O) groups is 1. The third-order valence-electron chi connectivity index (χ3n) is 4.67. The van der Waals surface area contributed by atoms with E-state index in [1.54, 1.807) is 12.1 Å². The van der Waals surface area contributed by atoms with Gasteiger partial charge in [-0.15, -0.1) is 0 Å². The van der Waals surface area contributed by atoms with Crippen molar-refractivity contribution in [1.29, 1.82) is 0 Å². The van der Waals surface area contributed by atoms with Crippen LogP contribution in [0.25, 0.3) is 0 Å². The van der Waals surface area contributed by atoms with Crippen molar-refractivity contribution in [3.63, 3.8) is 0 Å². The lowest BCUT2D eigenvalue weighted by atomic mass is 10.1. The zero-order valence-electron chi connectivity index (χ0n) is 15.9. The number of rotatable bonds is 5. The maximum atomic E-state index is 12.7. The van der Waals surface area contributed by atoms with E-state index in [1.165, 1.54) is 12.1 Å². The molecule has 0 radical (unpaired) electrons. The fourth-order valence-electron chi connectivity index (χ4n) is 3.10. The SMILES string of the molecule is Cc1ccccc1CC(=O)Nc1cccc(S(=O)(=O)NC2=NCCCCC2)c1. The molecule has 28 heavy (non-hydrogen) atoms. The summed E-state index contributed by atoms with van der Waals surface area (Å²) in [5, 5.41) is 2.78. The molecule has 6 nitrogen and oxygen atoms in total. The average Bonchev–Trinajstić information content (AvgIpc) is 2.92. The molecule has 148 valence electrons. The van der Waals surface area contributed by atoms with Gasteiger partial charge in [0.05, 0.1) is 11.3 Å². The predicted octanol–water partition coefficient (Wildman–Crippen LogP) is 3.43. The van der Waals surface area contributed by atoms with Crippen LogP contribution in [-0.4, -0.2) is 26.7 Å². The summed E-state index contributed by atoms with van der Waals surface area (Å²) in [4.78, 5) is 16.8. The second-order valence-corrected chi connectivity index (χ2v) is 8.61. The molecule has 3 rings (SSSR count). The van der Waals surface area contributed by atoms with E-state index in [4.69, 9.17) is 0 Å². The Morgan fingerprint density at radius 1 is 1.07 bits per heavy atom. The maximum absolute atomic E-state index is 12.7. The van der Waals surface area contributed by atoms with Crippen LogP contribution in [0.15, 0.2) is 58.4 Å². The van der Waals surface area contributed by atoms with Gasteiger partial charge in [-0.3, -0.25) is 14.5 Å². The molecular weight excluding hydrogens is 374 g/mol. The third-order valence-corrected chi connectivity index (χ3v) is 6.05. The number of amides is 1. The van der Waals surface area contributed by atoms with Crippen LogP contribution in [0.1, 0.15) is 36.8 Å². The Labute approximate surface area is 166 Å². The van der Waals surface area contributed by atoms with Gasteiger partial charge in [-0.05, 0) is 49.1 Å². The fraction of sp³-hybridized carbons (Fsp3) is 0.333. The molecule has 1 amide bonds. The second-order valence-electron chi connectivity index (χ2n) is 6.92. The van der Waals surface area contributed by atoms with Gasteiger partial charge in [0.1, 0.15) is 5.84 Å². The Balaban J connectivity index is 1.70. The number of nitrogens with zero attached hydrogens (tertiary/aromatic N) is 1. The highest BCUT2D eigenvalue weighted by Crippen LogP contribution is 2.17. The molecule has 0 unspecified atom stereocenters. The highest BCUT2D eigenvalue weighted by Gasteiger charge is 2.18. The smallest absolute Gasteiger partial charge is 0.262 e. The summed E-state index contributed by atoms with van der Waals surface area (Å²) in [6.45, 7) is 2.60. The van der Waals surface area contributed by atoms with Gasteiger partial charge >= 0.3 is 0 Å². The molecule has 7 heteroatoms. The maximum Gasteiger partial charge on any atom is 0.262 e. The van der Waals surface area contributed by atoms with Crippen molar-refractivity contribution in [2.45, 2.75) is 43.9 Å². The molecule has 1 heterocycles. The van der Waals surface area contributed by atoms with Gasteiger partial charge < -0.3 is 5.32 Å². The second kappa shape index (κ2) is 9.01. The Morgan fingerprint density at radius 2 is 1.89 bits per heavy atom. The first-order chi connectivity index (χ1) is 13.4. The van der Waals surface area contributed by atoms with Gasteiger partial charge in [0.25, 0.3) is 10.0 Å². The first-order valence-corrected chi connectivity index (χ1v) is 10.9. The fourth-order valence-corrected chi connectivity index (χ4v) is 4.23. The van der Waals surface area contributed by atoms with Crippen molar-refractivity contribution >= 4 is 27.5 Å². The van der Waals surface area contributed by atoms with Crippen LogP contribution in [0.5, 0.6) is 0 Å². The topological polar surface area (TPSA) is 87.6 Å². The summed E-state index contributed by atoms with van der Waals surface area (Å²) in [6.07, 6.45) is 3.83. The number of nitrogens with one attached hydrogen (secondary N) is 2. The van der Waals surface area contributed by atoms with Crippen molar-refractivity contribution in [2.24, 2.45) is 4.99 Å². The average molecular weight is 400 g/mol. The Kier molecular flexibility index (Phi) is 6.46. The Hall–Kier alpha value is -2.67. The van der Waals surface area contributed by atoms with Gasteiger partial charge in [0.2, 0.25) is 5.91 Å². The van der Waals surface area contributed by atoms with Gasteiger partial charge in [-0.1, -0.05) is 36.8 Å². The summed E-state index contributed by atoms with van der Waals surface area (Å²) in [5.41, 5.74) is 2.43. The molecule has 1 aliphatic rings. The molecule has 2 aromatic rings. The minimum Gasteiger partial charge on any atom is -0.326 e. The Morgan fingerprint density at radius 3 is 2.71 bits per heavy atom. The number of hydrogen-bond acceptors (Lipinski definition) is 4. The van der Waals surface area contributed by atoms with Crippen LogP contribution in [0.2, 0.25) is 0 Å². The lowest BCUT2D eigenvalue weighted by molar-refractivity contribution is -0.115. The molecule has 0 atom stereocenters. The first kappa shape index (κ1) is 20.1. The lowest BCUT2D eigenvalue weighted by Crippen LogP contribution is -2.30. The highest BCUT2D eigenvalue weighted by molar-refractivity contribution is 7.90. The van der Waals surface area contributed by atoms with Crippen LogP contribution in [0.4, 0.5) is 5.69 Å². The highest BCUT2D eigenvalue weighted by atomic mass is 32.2. The van der Waals surface area contributed by atoms with Crippen LogP contribution in [-0.2, 0) is 21.2 Å². The van der Waals surface area contributed by atoms with Crippen LogP contribution < -0.4 is 10.0 Å². The molecule has 0 bridgehead atoms. The summed E-state index contributed by atoms with van der Waals surface area (Å²) >= 11 is 0. The normalized spacial score (nSPS) is 14.7. The standard InChI is InChI=1S/C21H25N3O3S/c1-16-8-4-5-9-17(16)14-21(25)23-18-10-7-11-19(15-18)28(26,27)24-20-12-3-2-6-13-22-20/h4-5,7-11,15H,2-3,6,12-14H2,1H3,(H,22,24)(H,23,25). The quantitative estimate of drug-likeness (QED) is 0.807. The van der Waals surface area contributed by atoms with Crippen LogP contribution >= 0.6 is 0 Å². The third kappa shape index (κ3) is 5.42. The van der Waals surface area contributed by atoms with E-state index in [2.05, 4.69) is 15.0 Å². The van der Waals surface area contributed by atoms with Gasteiger partial charge in [-0.25, -0.2) is 8.42 Å². The summed E-state index contributed by atoms with van der Waals surface area (Å²) in [7, 11) is -3.73. The summed E-state index contributed by atoms with van der Waals surface area (Å²) in [6, 6.07) is 14.0. The van der Waals surface area contributed by atoms with Crippen LogP contribution in [0, 0.1) is 6.92 Å². The molecule has 2 N–H and O–H groups in total. The van der Waals surface area contributed by atoms with Crippen molar-refractivity contribution in [3.8, 4) is 0 Å². The van der Waals surface area contributed by atoms with E-state index in [0.717, 1.165) is 30.4 Å². The molecule has 0 spiro atoms. The van der Waals surface area contributed by atoms with Gasteiger partial charge in [0, 0.05) is 18.7 Å². The summed E-state index contributed by atoms with van der Waals surface area (Å²) < 4.78 is 28.0. The number of anilines is 1. The molecule has 1 aliphatic heterocycles. The molecule has 0 saturated carbocycles. The van der Waals surface area contributed by atoms with E-state index in [1.807, 2.05) is 31.2 Å². The predicted molar refractivity (Wildman–Crippen MR) is 111 cm³/mol. The first-order valence-electron chi connectivity index (χ1n) is 9.44. The van der Waals surface area contributed by atoms with Gasteiger partial charge in [-0.2, -0.15) is 0 Å². The molecule has 0 fully saturated rings. The number of sulfonamides is 1. The molecule has 0 saturated heterocycles. The zero-order chi connectivity index (χ0) is 20.0. The van der Waals surface area contributed by atoms with Crippen molar-refractivity contribution < 1.29 is 13.2 Å². The van der Waals surface area contributed by atoms with E-state index in [-0.39, 0.29) is 17.2 Å². The van der Waals surface area contributed by atoms with Crippen LogP contribution in [0.3, 0.4) is 0 Å². The van der Waals surface area contributed by atoms with Crippen molar-refractivity contribution in [1.82, 2.24) is 4.72 Å². The largest absolute Gasteiger partial charge is 0.326 e. The number of amidine groups is 1. The van der Waals surface area contributed by atoms with E-state index in [0.29, 0.717) is 24.5 Å². The number of aryl methyl sites for hydroxylation is 1. The minimum absolute atomic E-state index is 0.105. The van der Waals surface area contributed by atoms with Crippen molar-refractivity contribution in [3.05, 3.63) is 59.7 Å². The van der Waals surface area contributed by atoms with E-state index in [9.17, 15) is 13.2 Å². The number of benzene rings is 2. The zero-order valence-corrected chi connectivity index (χ0v) is 16.8. The van der Waals surface area contributed by atoms with E-state index < -0.39 is 10.0 Å². The molecule has 0 aromatic heterocycles. The van der Waals surface area contributed by atoms with E-state index >= 15 is 0 Å². The van der Waals surface area contributed by atoms with Gasteiger partial charge in [0.15, 0.2) is 0 Å². The molecular formula is C21H25N3O3S. The monoisotopic (exact) mass is 399 g/mol. The number of hydrogen-bond donors (Lipinski definition) is 2. The minimum atomic E-state index is -3.73. The molecule has 2 aromatic carbocycles. The molecule has 0 aliphatic carbocycles. The number of aliphatic imine (C=N–C) groups is 1. The van der Waals surface area contributed by atoms with Crippen molar-refractivity contribution in [2.75, 3.05) is 11.9 Å². The number of carbonyl (C=O) groups excluding carboxylic acids is 1.